The van der Waals surface area contributed by atoms with Crippen molar-refractivity contribution in [3.8, 4) is 0 Å². The van der Waals surface area contributed by atoms with E-state index >= 15 is 0 Å². The zero-order chi connectivity index (χ0) is 14.1. The number of likely N-dealkylation sites (tertiary alicyclic amines) is 1. The molecule has 0 spiro atoms. The number of ether oxygens (including phenoxy) is 1. The Labute approximate surface area is 106 Å². The molecular formula is C12H18NO5-. The van der Waals surface area contributed by atoms with Crippen molar-refractivity contribution in [3.05, 3.63) is 0 Å². The fraction of sp³-hybridized carbons (Fsp3) is 0.750. The number of imide groups is 1. The van der Waals surface area contributed by atoms with Gasteiger partial charge in [0, 0.05) is 6.42 Å². The molecule has 0 unspecified atom stereocenters. The first kappa shape index (κ1) is 14.5. The van der Waals surface area contributed by atoms with Crippen molar-refractivity contribution in [2.24, 2.45) is 0 Å². The first-order chi connectivity index (χ1) is 8.14. The van der Waals surface area contributed by atoms with Crippen molar-refractivity contribution >= 4 is 18.0 Å². The van der Waals surface area contributed by atoms with E-state index in [-0.39, 0.29) is 19.3 Å². The number of carboxylic acids is 1. The van der Waals surface area contributed by atoms with E-state index in [2.05, 4.69) is 0 Å². The molecule has 1 aliphatic rings. The third kappa shape index (κ3) is 2.47. The van der Waals surface area contributed by atoms with Crippen LogP contribution in [0.1, 0.15) is 47.0 Å². The molecule has 0 aromatic heterocycles. The van der Waals surface area contributed by atoms with E-state index in [1.807, 2.05) is 0 Å². The molecule has 1 aliphatic heterocycles. The number of hydrogen-bond acceptors (Lipinski definition) is 5. The van der Waals surface area contributed by atoms with Crippen molar-refractivity contribution in [1.29, 1.82) is 0 Å². The second-order valence-corrected chi connectivity index (χ2v) is 5.38. The second kappa shape index (κ2) is 4.59. The topological polar surface area (TPSA) is 86.7 Å². The molecule has 102 valence electrons. The first-order valence-electron chi connectivity index (χ1n) is 5.91. The van der Waals surface area contributed by atoms with E-state index < -0.39 is 29.1 Å². The maximum absolute atomic E-state index is 11.9. The standard InChI is InChI=1S/C12H19NO5/c1-5-12(9(15)16)7-6-8(14)13(12)10(17)18-11(2,3)4/h5-7H2,1-4H3,(H,15,16)/p-1/t12-/m0/s1. The molecule has 6 nitrogen and oxygen atoms in total. The van der Waals surface area contributed by atoms with Gasteiger partial charge >= 0.3 is 6.09 Å². The molecule has 0 aliphatic carbocycles. The summed E-state index contributed by atoms with van der Waals surface area (Å²) in [6, 6.07) is 0. The van der Waals surface area contributed by atoms with Crippen molar-refractivity contribution < 1.29 is 24.2 Å². The monoisotopic (exact) mass is 256 g/mol. The van der Waals surface area contributed by atoms with Gasteiger partial charge in [-0.05, 0) is 33.6 Å². The summed E-state index contributed by atoms with van der Waals surface area (Å²) in [5.74, 6) is -1.95. The molecule has 0 bridgehead atoms. The Morgan fingerprint density at radius 1 is 1.44 bits per heavy atom. The Kier molecular flexibility index (Phi) is 3.69. The molecule has 0 aromatic rings. The fourth-order valence-corrected chi connectivity index (χ4v) is 2.03. The summed E-state index contributed by atoms with van der Waals surface area (Å²) in [5.41, 5.74) is -2.36. The maximum Gasteiger partial charge on any atom is 0.417 e. The van der Waals surface area contributed by atoms with Crippen LogP contribution in [0.15, 0.2) is 0 Å². The van der Waals surface area contributed by atoms with Gasteiger partial charge in [-0.15, -0.1) is 0 Å². The first-order valence-corrected chi connectivity index (χ1v) is 5.91. The number of rotatable bonds is 2. The van der Waals surface area contributed by atoms with E-state index in [1.54, 1.807) is 27.7 Å². The van der Waals surface area contributed by atoms with Crippen LogP contribution in [0.3, 0.4) is 0 Å². The molecule has 18 heavy (non-hydrogen) atoms. The summed E-state index contributed by atoms with van der Waals surface area (Å²) >= 11 is 0. The highest BCUT2D eigenvalue weighted by atomic mass is 16.6. The Morgan fingerprint density at radius 2 is 2.00 bits per heavy atom. The van der Waals surface area contributed by atoms with Crippen LogP contribution < -0.4 is 5.11 Å². The SMILES string of the molecule is CC[C@@]1(C(=O)[O-])CCC(=O)N1C(=O)OC(C)(C)C. The summed E-state index contributed by atoms with van der Waals surface area (Å²) in [7, 11) is 0. The van der Waals surface area contributed by atoms with Crippen LogP contribution in [0.4, 0.5) is 4.79 Å². The number of amides is 2. The average molecular weight is 256 g/mol. The fourth-order valence-electron chi connectivity index (χ4n) is 2.03. The van der Waals surface area contributed by atoms with Gasteiger partial charge in [0.1, 0.15) is 5.60 Å². The number of nitrogens with zero attached hydrogens (tertiary/aromatic N) is 1. The van der Waals surface area contributed by atoms with Gasteiger partial charge in [0.25, 0.3) is 0 Å². The number of aliphatic carboxylic acids is 1. The van der Waals surface area contributed by atoms with Gasteiger partial charge < -0.3 is 14.6 Å². The summed E-state index contributed by atoms with van der Waals surface area (Å²) in [4.78, 5) is 35.6. The van der Waals surface area contributed by atoms with Crippen LogP contribution in [-0.4, -0.2) is 34.0 Å². The molecule has 2 amide bonds. The van der Waals surface area contributed by atoms with Crippen LogP contribution in [0.2, 0.25) is 0 Å². The Bertz CT molecular complexity index is 384. The highest BCUT2D eigenvalue weighted by Gasteiger charge is 2.50. The molecule has 0 saturated carbocycles. The predicted octanol–water partition coefficient (Wildman–Crippen LogP) is 0.443. The van der Waals surface area contributed by atoms with Gasteiger partial charge in [-0.25, -0.2) is 9.69 Å². The van der Waals surface area contributed by atoms with Crippen LogP contribution in [-0.2, 0) is 14.3 Å². The number of carbonyl (C=O) groups is 3. The van der Waals surface area contributed by atoms with E-state index in [9.17, 15) is 19.5 Å². The third-order valence-electron chi connectivity index (χ3n) is 2.97. The number of carboxylic acid groups (broad SMARTS) is 1. The van der Waals surface area contributed by atoms with E-state index in [0.717, 1.165) is 0 Å². The van der Waals surface area contributed by atoms with E-state index in [4.69, 9.17) is 4.74 Å². The van der Waals surface area contributed by atoms with E-state index in [0.29, 0.717) is 4.90 Å². The summed E-state index contributed by atoms with van der Waals surface area (Å²) in [5, 5.41) is 11.3. The van der Waals surface area contributed by atoms with Crippen LogP contribution >= 0.6 is 0 Å². The summed E-state index contributed by atoms with van der Waals surface area (Å²) < 4.78 is 5.07. The van der Waals surface area contributed by atoms with Crippen LogP contribution in [0.5, 0.6) is 0 Å². The lowest BCUT2D eigenvalue weighted by molar-refractivity contribution is -0.317. The van der Waals surface area contributed by atoms with Crippen LogP contribution in [0, 0.1) is 0 Å². The van der Waals surface area contributed by atoms with Gasteiger partial charge in [-0.2, -0.15) is 0 Å². The molecule has 1 atom stereocenters. The lowest BCUT2D eigenvalue weighted by Crippen LogP contribution is -2.60. The maximum atomic E-state index is 11.9. The molecular weight excluding hydrogens is 238 g/mol. The highest BCUT2D eigenvalue weighted by Crippen LogP contribution is 2.34. The minimum absolute atomic E-state index is 0.0149. The summed E-state index contributed by atoms with van der Waals surface area (Å²) in [6.07, 6.45) is -0.721. The molecule has 1 fully saturated rings. The molecule has 0 aromatic carbocycles. The van der Waals surface area contributed by atoms with Crippen molar-refractivity contribution in [2.45, 2.75) is 58.1 Å². The minimum Gasteiger partial charge on any atom is -0.548 e. The molecule has 1 heterocycles. The third-order valence-corrected chi connectivity index (χ3v) is 2.97. The largest absolute Gasteiger partial charge is 0.548 e. The van der Waals surface area contributed by atoms with Gasteiger partial charge in [-0.3, -0.25) is 4.79 Å². The number of hydrogen-bond donors (Lipinski definition) is 0. The Morgan fingerprint density at radius 3 is 2.39 bits per heavy atom. The molecule has 0 N–H and O–H groups in total. The minimum atomic E-state index is -1.57. The Balaban J connectivity index is 3.06. The predicted molar refractivity (Wildman–Crippen MR) is 60.3 cm³/mol. The molecule has 0 radical (unpaired) electrons. The zero-order valence-electron chi connectivity index (χ0n) is 11.1. The Hall–Kier alpha value is -1.59. The lowest BCUT2D eigenvalue weighted by Gasteiger charge is -2.37. The lowest BCUT2D eigenvalue weighted by atomic mass is 9.93. The smallest absolute Gasteiger partial charge is 0.417 e. The zero-order valence-corrected chi connectivity index (χ0v) is 11.1. The van der Waals surface area contributed by atoms with Gasteiger partial charge in [0.15, 0.2) is 0 Å². The van der Waals surface area contributed by atoms with Crippen LogP contribution in [0.25, 0.3) is 0 Å². The molecule has 1 rings (SSSR count). The van der Waals surface area contributed by atoms with Gasteiger partial charge in [-0.1, -0.05) is 6.92 Å². The van der Waals surface area contributed by atoms with Crippen molar-refractivity contribution in [2.75, 3.05) is 0 Å². The molecule has 6 heteroatoms. The van der Waals surface area contributed by atoms with Gasteiger partial charge in [0.05, 0.1) is 11.5 Å². The number of carbonyl (C=O) groups excluding carboxylic acids is 3. The van der Waals surface area contributed by atoms with E-state index in [1.165, 1.54) is 0 Å². The average Bonchev–Trinajstić information content (AvgIpc) is 2.53. The van der Waals surface area contributed by atoms with Crippen molar-refractivity contribution in [1.82, 2.24) is 4.90 Å². The quantitative estimate of drug-likeness (QED) is 0.715. The van der Waals surface area contributed by atoms with Crippen molar-refractivity contribution in [3.63, 3.8) is 0 Å². The summed E-state index contributed by atoms with van der Waals surface area (Å²) in [6.45, 7) is 6.56. The normalized spacial score (nSPS) is 24.2. The second-order valence-electron chi connectivity index (χ2n) is 5.38. The highest BCUT2D eigenvalue weighted by molar-refractivity contribution is 6.01. The van der Waals surface area contributed by atoms with Gasteiger partial charge in [0.2, 0.25) is 5.91 Å². The molecule has 1 saturated heterocycles.